The van der Waals surface area contributed by atoms with Crippen molar-refractivity contribution in [1.29, 1.82) is 0 Å². The molecule has 0 N–H and O–H groups in total. The number of aromatic nitrogens is 3. The van der Waals surface area contributed by atoms with Crippen LogP contribution in [0.2, 0.25) is 5.02 Å². The van der Waals surface area contributed by atoms with Gasteiger partial charge in [0.25, 0.3) is 5.56 Å². The lowest BCUT2D eigenvalue weighted by Gasteiger charge is -2.08. The summed E-state index contributed by atoms with van der Waals surface area (Å²) in [6, 6.07) is 7.29. The van der Waals surface area contributed by atoms with E-state index in [1.54, 1.807) is 24.5 Å². The predicted molar refractivity (Wildman–Crippen MR) is 82.1 cm³/mol. The molecule has 0 atom stereocenters. The molecule has 0 fully saturated rings. The molecular formula is C14H9BrClN3O. The van der Waals surface area contributed by atoms with Gasteiger partial charge < -0.3 is 0 Å². The summed E-state index contributed by atoms with van der Waals surface area (Å²) in [5.74, 6) is 0. The fraction of sp³-hybridized carbons (Fsp3) is 0.0714. The fourth-order valence-electron chi connectivity index (χ4n) is 1.98. The van der Waals surface area contributed by atoms with E-state index in [1.807, 2.05) is 12.1 Å². The molecule has 0 saturated carbocycles. The van der Waals surface area contributed by atoms with Crippen LogP contribution >= 0.6 is 27.5 Å². The first-order chi connectivity index (χ1) is 9.66. The summed E-state index contributed by atoms with van der Waals surface area (Å²) in [4.78, 5) is 20.8. The van der Waals surface area contributed by atoms with E-state index in [1.165, 1.54) is 10.9 Å². The van der Waals surface area contributed by atoms with Gasteiger partial charge in [-0.15, -0.1) is 0 Å². The van der Waals surface area contributed by atoms with Crippen molar-refractivity contribution in [3.63, 3.8) is 0 Å². The smallest absolute Gasteiger partial charge is 0.263 e. The Kier molecular flexibility index (Phi) is 3.54. The molecule has 0 saturated heterocycles. The average molecular weight is 351 g/mol. The van der Waals surface area contributed by atoms with E-state index in [0.29, 0.717) is 26.9 Å². The molecule has 0 aliphatic carbocycles. The standard InChI is InChI=1S/C14H9BrClN3O/c15-10-3-4-11-12(13(10)16)14(20)19(8-18-11)7-9-2-1-5-17-6-9/h1-6,8H,7H2. The van der Waals surface area contributed by atoms with Crippen molar-refractivity contribution in [1.82, 2.24) is 14.5 Å². The molecular weight excluding hydrogens is 342 g/mol. The molecule has 3 aromatic rings. The summed E-state index contributed by atoms with van der Waals surface area (Å²) in [5.41, 5.74) is 1.36. The third-order valence-corrected chi connectivity index (χ3v) is 4.24. The number of benzene rings is 1. The molecule has 6 heteroatoms. The first-order valence-corrected chi connectivity index (χ1v) is 7.06. The molecule has 1 aromatic carbocycles. The highest BCUT2D eigenvalue weighted by Crippen LogP contribution is 2.27. The van der Waals surface area contributed by atoms with E-state index >= 15 is 0 Å². The van der Waals surface area contributed by atoms with E-state index in [-0.39, 0.29) is 5.56 Å². The quantitative estimate of drug-likeness (QED) is 0.713. The number of rotatable bonds is 2. The van der Waals surface area contributed by atoms with Gasteiger partial charge in [0.15, 0.2) is 0 Å². The monoisotopic (exact) mass is 349 g/mol. The largest absolute Gasteiger partial charge is 0.294 e. The van der Waals surface area contributed by atoms with Crippen LogP contribution in [0.3, 0.4) is 0 Å². The van der Waals surface area contributed by atoms with Gasteiger partial charge >= 0.3 is 0 Å². The van der Waals surface area contributed by atoms with Gasteiger partial charge in [-0.25, -0.2) is 4.98 Å². The van der Waals surface area contributed by atoms with Gasteiger partial charge in [-0.1, -0.05) is 17.7 Å². The Labute approximate surface area is 128 Å². The molecule has 0 aliphatic heterocycles. The topological polar surface area (TPSA) is 47.8 Å². The number of pyridine rings is 1. The first-order valence-electron chi connectivity index (χ1n) is 5.89. The number of halogens is 2. The molecule has 0 radical (unpaired) electrons. The molecule has 0 bridgehead atoms. The van der Waals surface area contributed by atoms with Crippen LogP contribution in [-0.2, 0) is 6.54 Å². The second-order valence-electron chi connectivity index (χ2n) is 4.29. The predicted octanol–water partition coefficient (Wildman–Crippen LogP) is 3.26. The number of hydrogen-bond donors (Lipinski definition) is 0. The lowest BCUT2D eigenvalue weighted by atomic mass is 10.2. The van der Waals surface area contributed by atoms with E-state index < -0.39 is 0 Å². The zero-order valence-corrected chi connectivity index (χ0v) is 12.6. The zero-order chi connectivity index (χ0) is 14.1. The third kappa shape index (κ3) is 2.34. The SMILES string of the molecule is O=c1c2c(Cl)c(Br)ccc2ncn1Cc1cccnc1. The van der Waals surface area contributed by atoms with E-state index in [9.17, 15) is 4.79 Å². The molecule has 100 valence electrons. The molecule has 2 aromatic heterocycles. The summed E-state index contributed by atoms with van der Waals surface area (Å²) < 4.78 is 2.21. The van der Waals surface area contributed by atoms with E-state index in [2.05, 4.69) is 25.9 Å². The third-order valence-electron chi connectivity index (χ3n) is 2.96. The molecule has 0 amide bonds. The normalized spacial score (nSPS) is 10.9. The van der Waals surface area contributed by atoms with E-state index in [4.69, 9.17) is 11.6 Å². The second-order valence-corrected chi connectivity index (χ2v) is 5.53. The van der Waals surface area contributed by atoms with Crippen molar-refractivity contribution in [2.75, 3.05) is 0 Å². The van der Waals surface area contributed by atoms with Gasteiger partial charge in [0.2, 0.25) is 0 Å². The Morgan fingerprint density at radius 3 is 2.90 bits per heavy atom. The molecule has 0 spiro atoms. The summed E-state index contributed by atoms with van der Waals surface area (Å²) in [6.45, 7) is 0.415. The maximum absolute atomic E-state index is 12.5. The van der Waals surface area contributed by atoms with Crippen molar-refractivity contribution < 1.29 is 0 Å². The van der Waals surface area contributed by atoms with Gasteiger partial charge in [-0.05, 0) is 39.7 Å². The number of hydrogen-bond acceptors (Lipinski definition) is 3. The minimum absolute atomic E-state index is 0.162. The lowest BCUT2D eigenvalue weighted by molar-refractivity contribution is 0.745. The molecule has 20 heavy (non-hydrogen) atoms. The highest BCUT2D eigenvalue weighted by atomic mass is 79.9. The minimum Gasteiger partial charge on any atom is -0.294 e. The second kappa shape index (κ2) is 5.34. The average Bonchev–Trinajstić information content (AvgIpc) is 2.47. The van der Waals surface area contributed by atoms with Crippen LogP contribution in [-0.4, -0.2) is 14.5 Å². The van der Waals surface area contributed by atoms with Gasteiger partial charge in [-0.2, -0.15) is 0 Å². The minimum atomic E-state index is -0.162. The summed E-state index contributed by atoms with van der Waals surface area (Å²) in [6.07, 6.45) is 4.94. The summed E-state index contributed by atoms with van der Waals surface area (Å²) in [5, 5.41) is 0.813. The number of fused-ring (bicyclic) bond motifs is 1. The molecule has 3 rings (SSSR count). The highest BCUT2D eigenvalue weighted by Gasteiger charge is 2.10. The zero-order valence-electron chi connectivity index (χ0n) is 10.3. The van der Waals surface area contributed by atoms with Crippen molar-refractivity contribution in [2.45, 2.75) is 6.54 Å². The maximum Gasteiger partial charge on any atom is 0.263 e. The van der Waals surface area contributed by atoms with Gasteiger partial charge in [0, 0.05) is 16.9 Å². The Hall–Kier alpha value is -1.72. The number of nitrogens with zero attached hydrogens (tertiary/aromatic N) is 3. The Morgan fingerprint density at radius 2 is 2.15 bits per heavy atom. The molecule has 0 unspecified atom stereocenters. The van der Waals surface area contributed by atoms with Gasteiger partial charge in [0.1, 0.15) is 0 Å². The van der Waals surface area contributed by atoms with Crippen LogP contribution in [0.1, 0.15) is 5.56 Å². The van der Waals surface area contributed by atoms with Crippen LogP contribution in [0.5, 0.6) is 0 Å². The van der Waals surface area contributed by atoms with Crippen LogP contribution in [0.4, 0.5) is 0 Å². The summed E-state index contributed by atoms with van der Waals surface area (Å²) in [7, 11) is 0. The fourth-order valence-corrected chi connectivity index (χ4v) is 2.55. The van der Waals surface area contributed by atoms with E-state index in [0.717, 1.165) is 5.56 Å². The molecule has 2 heterocycles. The first kappa shape index (κ1) is 13.3. The Balaban J connectivity index is 2.16. The van der Waals surface area contributed by atoms with Gasteiger partial charge in [-0.3, -0.25) is 14.3 Å². The Bertz CT molecular complexity index is 833. The molecule has 0 aliphatic rings. The van der Waals surface area contributed by atoms with Crippen molar-refractivity contribution in [3.05, 3.63) is 68.4 Å². The summed E-state index contributed by atoms with van der Waals surface area (Å²) >= 11 is 9.52. The van der Waals surface area contributed by atoms with Gasteiger partial charge in [0.05, 0.1) is 28.8 Å². The molecule has 4 nitrogen and oxygen atoms in total. The Morgan fingerprint density at radius 1 is 1.30 bits per heavy atom. The van der Waals surface area contributed by atoms with Crippen molar-refractivity contribution in [2.24, 2.45) is 0 Å². The van der Waals surface area contributed by atoms with Crippen molar-refractivity contribution in [3.8, 4) is 0 Å². The van der Waals surface area contributed by atoms with Crippen LogP contribution in [0, 0.1) is 0 Å². The van der Waals surface area contributed by atoms with Crippen LogP contribution < -0.4 is 5.56 Å². The lowest BCUT2D eigenvalue weighted by Crippen LogP contribution is -2.21. The highest BCUT2D eigenvalue weighted by molar-refractivity contribution is 9.10. The van der Waals surface area contributed by atoms with Crippen LogP contribution in [0.25, 0.3) is 10.9 Å². The maximum atomic E-state index is 12.5. The van der Waals surface area contributed by atoms with Crippen molar-refractivity contribution >= 4 is 38.4 Å². The van der Waals surface area contributed by atoms with Crippen LogP contribution in [0.15, 0.2) is 52.3 Å².